The molecule has 0 bridgehead atoms. The van der Waals surface area contributed by atoms with Crippen LogP contribution in [0.2, 0.25) is 0 Å². The predicted octanol–water partition coefficient (Wildman–Crippen LogP) is 4.33. The maximum Gasteiger partial charge on any atom is 0.186 e. The topological polar surface area (TPSA) is 20.3 Å². The molecule has 0 saturated heterocycles. The summed E-state index contributed by atoms with van der Waals surface area (Å²) >= 11 is 1.55. The molecule has 0 aliphatic carbocycles. The molecular formula is C16H27NOS. The van der Waals surface area contributed by atoms with Gasteiger partial charge in [0, 0.05) is 0 Å². The highest BCUT2D eigenvalue weighted by Gasteiger charge is 2.14. The van der Waals surface area contributed by atoms with Gasteiger partial charge in [-0.15, -0.1) is 11.3 Å². The van der Waals surface area contributed by atoms with E-state index in [-0.39, 0.29) is 5.78 Å². The van der Waals surface area contributed by atoms with Crippen LogP contribution in [-0.2, 0) is 0 Å². The molecule has 0 aliphatic rings. The van der Waals surface area contributed by atoms with Crippen molar-refractivity contribution in [3.8, 4) is 0 Å². The van der Waals surface area contributed by atoms with Crippen molar-refractivity contribution in [2.75, 3.05) is 19.6 Å². The van der Waals surface area contributed by atoms with Crippen LogP contribution in [0.1, 0.15) is 50.2 Å². The van der Waals surface area contributed by atoms with Crippen molar-refractivity contribution in [3.63, 3.8) is 0 Å². The molecule has 3 heteroatoms. The summed E-state index contributed by atoms with van der Waals surface area (Å²) in [4.78, 5) is 15.4. The second-order valence-electron chi connectivity index (χ2n) is 6.04. The summed E-state index contributed by atoms with van der Waals surface area (Å²) in [7, 11) is 0. The molecule has 0 radical (unpaired) electrons. The van der Waals surface area contributed by atoms with Crippen molar-refractivity contribution in [1.29, 1.82) is 0 Å². The Bertz CT molecular complexity index is 345. The molecule has 0 saturated carbocycles. The monoisotopic (exact) mass is 281 g/mol. The first-order chi connectivity index (χ1) is 8.99. The van der Waals surface area contributed by atoms with Crippen molar-refractivity contribution < 1.29 is 4.79 Å². The lowest BCUT2D eigenvalue weighted by Gasteiger charge is -2.23. The first kappa shape index (κ1) is 16.4. The molecule has 0 fully saturated rings. The first-order valence-corrected chi connectivity index (χ1v) is 8.16. The zero-order valence-electron chi connectivity index (χ0n) is 12.7. The van der Waals surface area contributed by atoms with Crippen LogP contribution in [0.3, 0.4) is 0 Å². The lowest BCUT2D eigenvalue weighted by atomic mass is 10.1. The average molecular weight is 281 g/mol. The molecule has 1 aromatic heterocycles. The van der Waals surface area contributed by atoms with E-state index in [9.17, 15) is 4.79 Å². The Morgan fingerprint density at radius 2 is 1.74 bits per heavy atom. The average Bonchev–Trinajstić information content (AvgIpc) is 2.85. The lowest BCUT2D eigenvalue weighted by molar-refractivity contribution is 0.0927. The van der Waals surface area contributed by atoms with Gasteiger partial charge in [-0.05, 0) is 49.2 Å². The highest BCUT2D eigenvalue weighted by molar-refractivity contribution is 7.12. The van der Waals surface area contributed by atoms with Gasteiger partial charge >= 0.3 is 0 Å². The molecule has 0 atom stereocenters. The molecule has 0 unspecified atom stereocenters. The standard InChI is InChI=1S/C16H27NOS/c1-13(2)7-9-17(10-8-14(3)4)12-15(18)16-6-5-11-19-16/h5-6,11,13-14H,7-10,12H2,1-4H3. The summed E-state index contributed by atoms with van der Waals surface area (Å²) in [5.41, 5.74) is 0. The molecule has 0 amide bonds. The van der Waals surface area contributed by atoms with Crippen molar-refractivity contribution in [2.24, 2.45) is 11.8 Å². The van der Waals surface area contributed by atoms with E-state index in [1.54, 1.807) is 11.3 Å². The molecule has 0 aliphatic heterocycles. The van der Waals surface area contributed by atoms with Gasteiger partial charge in [0.2, 0.25) is 0 Å². The van der Waals surface area contributed by atoms with Crippen molar-refractivity contribution >= 4 is 17.1 Å². The van der Waals surface area contributed by atoms with Crippen molar-refractivity contribution in [2.45, 2.75) is 40.5 Å². The third-order valence-electron chi connectivity index (χ3n) is 3.21. The number of Topliss-reactive ketones (excluding diaryl/α,β-unsaturated/α-hetero) is 1. The van der Waals surface area contributed by atoms with Gasteiger partial charge in [-0.3, -0.25) is 9.69 Å². The molecule has 0 N–H and O–H groups in total. The summed E-state index contributed by atoms with van der Waals surface area (Å²) in [6, 6.07) is 3.88. The number of thiophene rings is 1. The molecule has 1 heterocycles. The molecule has 0 spiro atoms. The van der Waals surface area contributed by atoms with Crippen LogP contribution in [0.15, 0.2) is 17.5 Å². The van der Waals surface area contributed by atoms with Gasteiger partial charge in [0.05, 0.1) is 11.4 Å². The summed E-state index contributed by atoms with van der Waals surface area (Å²) in [6.45, 7) is 11.6. The highest BCUT2D eigenvalue weighted by Crippen LogP contribution is 2.12. The lowest BCUT2D eigenvalue weighted by Crippen LogP contribution is -2.32. The van der Waals surface area contributed by atoms with Crippen LogP contribution in [0.25, 0.3) is 0 Å². The van der Waals surface area contributed by atoms with E-state index in [2.05, 4.69) is 32.6 Å². The molecule has 0 aromatic carbocycles. The summed E-state index contributed by atoms with van der Waals surface area (Å²) in [5.74, 6) is 1.65. The molecule has 108 valence electrons. The Morgan fingerprint density at radius 1 is 1.16 bits per heavy atom. The SMILES string of the molecule is CC(C)CCN(CCC(C)C)CC(=O)c1cccs1. The fourth-order valence-electron chi connectivity index (χ4n) is 1.87. The Labute approximate surface area is 121 Å². The van der Waals surface area contributed by atoms with Crippen LogP contribution in [-0.4, -0.2) is 30.3 Å². The Morgan fingerprint density at radius 3 is 2.16 bits per heavy atom. The normalized spacial score (nSPS) is 11.7. The third kappa shape index (κ3) is 6.88. The zero-order chi connectivity index (χ0) is 14.3. The van der Waals surface area contributed by atoms with Crippen LogP contribution in [0.5, 0.6) is 0 Å². The summed E-state index contributed by atoms with van der Waals surface area (Å²) in [6.07, 6.45) is 2.33. The molecule has 2 nitrogen and oxygen atoms in total. The Kier molecular flexibility index (Phi) is 7.32. The summed E-state index contributed by atoms with van der Waals surface area (Å²) < 4.78 is 0. The van der Waals surface area contributed by atoms with E-state index in [4.69, 9.17) is 0 Å². The Balaban J connectivity index is 2.49. The zero-order valence-corrected chi connectivity index (χ0v) is 13.5. The van der Waals surface area contributed by atoms with Gasteiger partial charge in [-0.25, -0.2) is 0 Å². The van der Waals surface area contributed by atoms with Gasteiger partial charge in [0.25, 0.3) is 0 Å². The number of carbonyl (C=O) groups is 1. The van der Waals surface area contributed by atoms with E-state index in [1.807, 2.05) is 17.5 Å². The van der Waals surface area contributed by atoms with Crippen molar-refractivity contribution in [1.82, 2.24) is 4.90 Å². The highest BCUT2D eigenvalue weighted by atomic mass is 32.1. The van der Waals surface area contributed by atoms with Crippen molar-refractivity contribution in [3.05, 3.63) is 22.4 Å². The minimum absolute atomic E-state index is 0.266. The van der Waals surface area contributed by atoms with E-state index >= 15 is 0 Å². The minimum Gasteiger partial charge on any atom is -0.296 e. The number of hydrogen-bond acceptors (Lipinski definition) is 3. The van der Waals surface area contributed by atoms with Gasteiger partial charge in [-0.2, -0.15) is 0 Å². The third-order valence-corrected chi connectivity index (χ3v) is 4.12. The summed E-state index contributed by atoms with van der Waals surface area (Å²) in [5, 5.41) is 1.97. The van der Waals surface area contributed by atoms with Crippen LogP contribution < -0.4 is 0 Å². The Hall–Kier alpha value is -0.670. The second-order valence-corrected chi connectivity index (χ2v) is 6.99. The van der Waals surface area contributed by atoms with E-state index in [1.165, 1.54) is 0 Å². The smallest absolute Gasteiger partial charge is 0.186 e. The molecule has 1 rings (SSSR count). The largest absolute Gasteiger partial charge is 0.296 e. The van der Waals surface area contributed by atoms with Gasteiger partial charge < -0.3 is 0 Å². The second kappa shape index (κ2) is 8.49. The van der Waals surface area contributed by atoms with Gasteiger partial charge in [-0.1, -0.05) is 33.8 Å². The molecular weight excluding hydrogens is 254 g/mol. The molecule has 19 heavy (non-hydrogen) atoms. The number of rotatable bonds is 9. The number of ketones is 1. The predicted molar refractivity (Wildman–Crippen MR) is 84.0 cm³/mol. The number of nitrogens with zero attached hydrogens (tertiary/aromatic N) is 1. The molecule has 1 aromatic rings. The van der Waals surface area contributed by atoms with E-state index in [0.29, 0.717) is 18.4 Å². The quantitative estimate of drug-likeness (QED) is 0.628. The maximum atomic E-state index is 12.2. The minimum atomic E-state index is 0.266. The van der Waals surface area contributed by atoms with Crippen LogP contribution in [0.4, 0.5) is 0 Å². The fraction of sp³-hybridized carbons (Fsp3) is 0.688. The van der Waals surface area contributed by atoms with Gasteiger partial charge in [0.15, 0.2) is 5.78 Å². The van der Waals surface area contributed by atoms with E-state index < -0.39 is 0 Å². The number of carbonyl (C=O) groups excluding carboxylic acids is 1. The van der Waals surface area contributed by atoms with Crippen LogP contribution >= 0.6 is 11.3 Å². The van der Waals surface area contributed by atoms with Crippen LogP contribution in [0, 0.1) is 11.8 Å². The maximum absolute atomic E-state index is 12.2. The van der Waals surface area contributed by atoms with E-state index in [0.717, 1.165) is 30.8 Å². The number of hydrogen-bond donors (Lipinski definition) is 0. The fourth-order valence-corrected chi connectivity index (χ4v) is 2.53. The van der Waals surface area contributed by atoms with Gasteiger partial charge in [0.1, 0.15) is 0 Å². The first-order valence-electron chi connectivity index (χ1n) is 7.28.